The van der Waals surface area contributed by atoms with Crippen molar-refractivity contribution in [2.24, 2.45) is 0 Å². The predicted octanol–water partition coefficient (Wildman–Crippen LogP) is 3.25. The molecule has 4 heteroatoms. The molecule has 2 heterocycles. The molecule has 0 bridgehead atoms. The van der Waals surface area contributed by atoms with Gasteiger partial charge in [-0.3, -0.25) is 4.79 Å². The van der Waals surface area contributed by atoms with Crippen molar-refractivity contribution in [3.05, 3.63) is 28.5 Å². The van der Waals surface area contributed by atoms with Crippen LogP contribution in [0.1, 0.15) is 36.3 Å². The average Bonchev–Trinajstić information content (AvgIpc) is 2.40. The summed E-state index contributed by atoms with van der Waals surface area (Å²) in [4.78, 5) is 15.9. The summed E-state index contributed by atoms with van der Waals surface area (Å²) in [7, 11) is 0. The molecule has 0 saturated carbocycles. The van der Waals surface area contributed by atoms with Gasteiger partial charge in [-0.15, -0.1) is 0 Å². The van der Waals surface area contributed by atoms with Crippen LogP contribution in [0.4, 0.5) is 0 Å². The zero-order chi connectivity index (χ0) is 10.3. The van der Waals surface area contributed by atoms with Gasteiger partial charge in [0, 0.05) is 0 Å². The normalized spacial score (nSPS) is 25.2. The minimum absolute atomic E-state index is 0.105. The number of nitrogens with zero attached hydrogens (tertiary/aromatic N) is 1. The van der Waals surface area contributed by atoms with E-state index in [1.807, 2.05) is 6.92 Å². The molecule has 14 heavy (non-hydrogen) atoms. The van der Waals surface area contributed by atoms with Crippen molar-refractivity contribution in [2.45, 2.75) is 25.0 Å². The zero-order valence-electron chi connectivity index (χ0n) is 8.00. The van der Waals surface area contributed by atoms with Crippen molar-refractivity contribution in [3.8, 4) is 0 Å². The van der Waals surface area contributed by atoms with E-state index in [9.17, 15) is 4.79 Å². The van der Waals surface area contributed by atoms with Gasteiger partial charge in [0.05, 0.1) is 16.0 Å². The van der Waals surface area contributed by atoms with E-state index < -0.39 is 0 Å². The van der Waals surface area contributed by atoms with Crippen molar-refractivity contribution in [1.29, 1.82) is 0 Å². The monoisotopic (exact) mass is 227 g/mol. The molecule has 1 aliphatic heterocycles. The van der Waals surface area contributed by atoms with Crippen molar-refractivity contribution in [1.82, 2.24) is 4.98 Å². The van der Waals surface area contributed by atoms with Crippen LogP contribution in [0.15, 0.2) is 12.1 Å². The van der Waals surface area contributed by atoms with Gasteiger partial charge in [0.2, 0.25) is 5.12 Å². The molecule has 1 aromatic rings. The minimum Gasteiger partial charge on any atom is -0.281 e. The van der Waals surface area contributed by atoms with E-state index in [4.69, 9.17) is 11.6 Å². The molecule has 0 fully saturated rings. The zero-order valence-corrected chi connectivity index (χ0v) is 9.58. The van der Waals surface area contributed by atoms with Crippen LogP contribution in [0.2, 0.25) is 5.15 Å². The van der Waals surface area contributed by atoms with Crippen LogP contribution in [-0.4, -0.2) is 10.1 Å². The van der Waals surface area contributed by atoms with Crippen LogP contribution >= 0.6 is 23.4 Å². The standard InChI is InChI=1S/C10H10ClNOS/c1-3-10(2)8-6(9(13)14-10)4-5-7(11)12-8/h4-5H,3H2,1-2H3/t10-/m1/s1. The van der Waals surface area contributed by atoms with Crippen LogP contribution in [0.5, 0.6) is 0 Å². The number of hydrogen-bond acceptors (Lipinski definition) is 3. The highest BCUT2D eigenvalue weighted by Gasteiger charge is 2.40. The van der Waals surface area contributed by atoms with Gasteiger partial charge < -0.3 is 0 Å². The number of rotatable bonds is 1. The number of carbonyl (C=O) groups excluding carboxylic acids is 1. The summed E-state index contributed by atoms with van der Waals surface area (Å²) in [5.41, 5.74) is 1.55. The number of hydrogen-bond donors (Lipinski definition) is 0. The predicted molar refractivity (Wildman–Crippen MR) is 58.8 cm³/mol. The topological polar surface area (TPSA) is 30.0 Å². The third-order valence-corrected chi connectivity index (χ3v) is 4.12. The van der Waals surface area contributed by atoms with E-state index in [0.717, 1.165) is 12.1 Å². The fraction of sp³-hybridized carbons (Fsp3) is 0.400. The molecule has 0 aromatic carbocycles. The molecule has 2 rings (SSSR count). The van der Waals surface area contributed by atoms with Gasteiger partial charge >= 0.3 is 0 Å². The first-order valence-electron chi connectivity index (χ1n) is 4.47. The number of fused-ring (bicyclic) bond motifs is 1. The fourth-order valence-corrected chi connectivity index (χ4v) is 2.78. The second-order valence-corrected chi connectivity index (χ2v) is 5.37. The molecule has 0 amide bonds. The fourth-order valence-electron chi connectivity index (χ4n) is 1.55. The molecule has 1 aromatic heterocycles. The summed E-state index contributed by atoms with van der Waals surface area (Å²) in [6.07, 6.45) is 0.879. The third kappa shape index (κ3) is 1.35. The Morgan fingerprint density at radius 2 is 2.29 bits per heavy atom. The smallest absolute Gasteiger partial charge is 0.222 e. The summed E-state index contributed by atoms with van der Waals surface area (Å²) in [6.45, 7) is 4.09. The second-order valence-electron chi connectivity index (χ2n) is 3.50. The second kappa shape index (κ2) is 3.24. The molecule has 0 spiro atoms. The quantitative estimate of drug-likeness (QED) is 0.690. The molecule has 0 saturated heterocycles. The lowest BCUT2D eigenvalue weighted by molar-refractivity contribution is 0.109. The maximum Gasteiger partial charge on any atom is 0.222 e. The highest BCUT2D eigenvalue weighted by molar-refractivity contribution is 8.15. The van der Waals surface area contributed by atoms with Crippen molar-refractivity contribution < 1.29 is 4.79 Å². The van der Waals surface area contributed by atoms with E-state index in [2.05, 4.69) is 11.9 Å². The van der Waals surface area contributed by atoms with E-state index in [-0.39, 0.29) is 9.86 Å². The summed E-state index contributed by atoms with van der Waals surface area (Å²) in [5.74, 6) is 0. The minimum atomic E-state index is -0.197. The van der Waals surface area contributed by atoms with Crippen LogP contribution < -0.4 is 0 Å². The molecular weight excluding hydrogens is 218 g/mol. The molecule has 1 atom stereocenters. The lowest BCUT2D eigenvalue weighted by Crippen LogP contribution is -2.14. The number of aromatic nitrogens is 1. The lowest BCUT2D eigenvalue weighted by atomic mass is 10.00. The molecule has 1 aliphatic rings. The summed E-state index contributed by atoms with van der Waals surface area (Å²) in [5, 5.41) is 0.562. The van der Waals surface area contributed by atoms with Gasteiger partial charge in [-0.25, -0.2) is 4.98 Å². The van der Waals surface area contributed by atoms with Crippen LogP contribution in [0.25, 0.3) is 0 Å². The van der Waals surface area contributed by atoms with Gasteiger partial charge in [0.1, 0.15) is 5.15 Å². The Balaban J connectivity index is 2.62. The molecular formula is C10H10ClNOS. The molecule has 74 valence electrons. The Labute approximate surface area is 92.1 Å². The molecule has 2 nitrogen and oxygen atoms in total. The SMILES string of the molecule is CC[C@@]1(C)SC(=O)c2ccc(Cl)nc21. The van der Waals surface area contributed by atoms with Gasteiger partial charge in [-0.2, -0.15) is 0 Å². The average molecular weight is 228 g/mol. The Morgan fingerprint density at radius 3 is 2.93 bits per heavy atom. The highest BCUT2D eigenvalue weighted by atomic mass is 35.5. The molecule has 0 unspecified atom stereocenters. The van der Waals surface area contributed by atoms with E-state index >= 15 is 0 Å². The van der Waals surface area contributed by atoms with Gasteiger partial charge in [-0.05, 0) is 25.5 Å². The summed E-state index contributed by atoms with van der Waals surface area (Å²) < 4.78 is -0.197. The van der Waals surface area contributed by atoms with Gasteiger partial charge in [0.15, 0.2) is 0 Å². The Kier molecular flexibility index (Phi) is 2.32. The van der Waals surface area contributed by atoms with Gasteiger partial charge in [-0.1, -0.05) is 30.3 Å². The Hall–Kier alpha value is -0.540. The Bertz CT molecular complexity index is 407. The first-order chi connectivity index (χ1) is 6.57. The highest BCUT2D eigenvalue weighted by Crippen LogP contribution is 2.48. The first-order valence-corrected chi connectivity index (χ1v) is 5.66. The van der Waals surface area contributed by atoms with E-state index in [0.29, 0.717) is 10.7 Å². The lowest BCUT2D eigenvalue weighted by Gasteiger charge is -2.19. The number of halogens is 1. The van der Waals surface area contributed by atoms with Gasteiger partial charge in [0.25, 0.3) is 0 Å². The third-order valence-electron chi connectivity index (χ3n) is 2.57. The van der Waals surface area contributed by atoms with Crippen molar-refractivity contribution >= 4 is 28.5 Å². The largest absolute Gasteiger partial charge is 0.281 e. The summed E-state index contributed by atoms with van der Waals surface area (Å²) in [6, 6.07) is 3.43. The Morgan fingerprint density at radius 1 is 1.57 bits per heavy atom. The van der Waals surface area contributed by atoms with Crippen LogP contribution in [-0.2, 0) is 4.75 Å². The van der Waals surface area contributed by atoms with Crippen molar-refractivity contribution in [3.63, 3.8) is 0 Å². The van der Waals surface area contributed by atoms with Crippen LogP contribution in [0, 0.1) is 0 Å². The maximum atomic E-state index is 11.6. The van der Waals surface area contributed by atoms with E-state index in [1.54, 1.807) is 12.1 Å². The number of thioether (sulfide) groups is 1. The summed E-state index contributed by atoms with van der Waals surface area (Å²) >= 11 is 7.17. The maximum absolute atomic E-state index is 11.6. The molecule has 0 N–H and O–H groups in total. The van der Waals surface area contributed by atoms with Crippen LogP contribution in [0.3, 0.4) is 0 Å². The van der Waals surface area contributed by atoms with E-state index in [1.165, 1.54) is 11.8 Å². The van der Waals surface area contributed by atoms with Crippen molar-refractivity contribution in [2.75, 3.05) is 0 Å². The molecule has 0 radical (unpaired) electrons. The first kappa shape index (κ1) is 9.99. The number of pyridine rings is 1. The molecule has 0 aliphatic carbocycles. The number of carbonyl (C=O) groups is 1.